The molecular formula is C14H16ClNOS. The molecule has 2 N–H and O–H groups in total. The highest BCUT2D eigenvalue weighted by atomic mass is 35.5. The van der Waals surface area contributed by atoms with Gasteiger partial charge in [-0.05, 0) is 49.1 Å². The number of aryl methyl sites for hydroxylation is 1. The second-order valence-corrected chi connectivity index (χ2v) is 3.99. The minimum Gasteiger partial charge on any atom is -0.455 e. The third-order valence-corrected chi connectivity index (χ3v) is 2.51. The minimum atomic E-state index is 0.622. The molecule has 4 heteroatoms. The molecule has 0 atom stereocenters. The maximum atomic E-state index is 5.87. The number of para-hydroxylation sites is 2. The number of benzene rings is 2. The molecule has 18 heavy (non-hydrogen) atoms. The van der Waals surface area contributed by atoms with E-state index in [0.29, 0.717) is 16.5 Å². The van der Waals surface area contributed by atoms with Crippen LogP contribution in [-0.2, 0) is 0 Å². The fraction of sp³-hybridized carbons (Fsp3) is 0.143. The third-order valence-electron chi connectivity index (χ3n) is 2.28. The number of anilines is 1. The Labute approximate surface area is 118 Å². The maximum absolute atomic E-state index is 5.87. The van der Waals surface area contributed by atoms with E-state index < -0.39 is 0 Å². The lowest BCUT2D eigenvalue weighted by Gasteiger charge is -2.10. The van der Waals surface area contributed by atoms with Crippen LogP contribution in [0, 0.1) is 6.92 Å². The minimum absolute atomic E-state index is 0.622. The van der Waals surface area contributed by atoms with Gasteiger partial charge in [-0.15, -0.1) is 0 Å². The van der Waals surface area contributed by atoms with E-state index in [1.165, 1.54) is 0 Å². The van der Waals surface area contributed by atoms with Gasteiger partial charge in [0, 0.05) is 5.02 Å². The van der Waals surface area contributed by atoms with Crippen molar-refractivity contribution in [3.8, 4) is 11.5 Å². The van der Waals surface area contributed by atoms with Crippen LogP contribution in [0.1, 0.15) is 5.56 Å². The molecule has 2 rings (SSSR count). The first-order valence-corrected chi connectivity index (χ1v) is 6.67. The molecule has 0 spiro atoms. The summed E-state index contributed by atoms with van der Waals surface area (Å²) in [5.41, 5.74) is 7.40. The SMILES string of the molecule is CS.Cc1cc(Cl)ccc1Oc1ccccc1N. The highest BCUT2D eigenvalue weighted by molar-refractivity contribution is 7.79. The maximum Gasteiger partial charge on any atom is 0.150 e. The Morgan fingerprint density at radius 3 is 2.33 bits per heavy atom. The molecule has 96 valence electrons. The van der Waals surface area contributed by atoms with E-state index in [9.17, 15) is 0 Å². The normalized spacial score (nSPS) is 9.33. The van der Waals surface area contributed by atoms with Crippen molar-refractivity contribution >= 4 is 29.9 Å². The molecule has 2 aromatic carbocycles. The van der Waals surface area contributed by atoms with Gasteiger partial charge in [-0.2, -0.15) is 12.6 Å². The smallest absolute Gasteiger partial charge is 0.150 e. The van der Waals surface area contributed by atoms with Gasteiger partial charge in [-0.25, -0.2) is 0 Å². The second-order valence-electron chi connectivity index (χ2n) is 3.55. The van der Waals surface area contributed by atoms with Crippen LogP contribution in [0.4, 0.5) is 5.69 Å². The molecule has 0 saturated heterocycles. The summed E-state index contributed by atoms with van der Waals surface area (Å²) >= 11 is 9.40. The number of ether oxygens (including phenoxy) is 1. The van der Waals surface area contributed by atoms with Gasteiger partial charge in [-0.1, -0.05) is 23.7 Å². The molecule has 0 radical (unpaired) electrons. The second kappa shape index (κ2) is 7.19. The van der Waals surface area contributed by atoms with Gasteiger partial charge < -0.3 is 10.5 Å². The van der Waals surface area contributed by atoms with Crippen LogP contribution in [-0.4, -0.2) is 6.26 Å². The summed E-state index contributed by atoms with van der Waals surface area (Å²) < 4.78 is 5.71. The molecule has 0 aliphatic heterocycles. The molecule has 0 bridgehead atoms. The molecule has 2 aromatic rings. The van der Waals surface area contributed by atoms with E-state index >= 15 is 0 Å². The lowest BCUT2D eigenvalue weighted by Crippen LogP contribution is -1.92. The summed E-state index contributed by atoms with van der Waals surface area (Å²) in [4.78, 5) is 0. The van der Waals surface area contributed by atoms with Crippen molar-refractivity contribution in [2.24, 2.45) is 0 Å². The highest BCUT2D eigenvalue weighted by Crippen LogP contribution is 2.30. The first-order valence-electron chi connectivity index (χ1n) is 5.40. The van der Waals surface area contributed by atoms with E-state index in [0.717, 1.165) is 11.3 Å². The molecule has 0 amide bonds. The highest BCUT2D eigenvalue weighted by Gasteiger charge is 2.04. The van der Waals surface area contributed by atoms with Crippen molar-refractivity contribution in [1.29, 1.82) is 0 Å². The molecular weight excluding hydrogens is 266 g/mol. The van der Waals surface area contributed by atoms with Gasteiger partial charge in [0.15, 0.2) is 0 Å². The van der Waals surface area contributed by atoms with E-state index in [2.05, 4.69) is 12.6 Å². The Bertz CT molecular complexity index is 517. The molecule has 0 fully saturated rings. The molecule has 0 aliphatic rings. The summed E-state index contributed by atoms with van der Waals surface area (Å²) in [5.74, 6) is 1.43. The number of halogens is 1. The molecule has 2 nitrogen and oxygen atoms in total. The number of nitrogens with two attached hydrogens (primary N) is 1. The van der Waals surface area contributed by atoms with Crippen LogP contribution in [0.15, 0.2) is 42.5 Å². The Hall–Kier alpha value is -1.32. The van der Waals surface area contributed by atoms with Crippen molar-refractivity contribution in [3.05, 3.63) is 53.1 Å². The molecule has 0 aromatic heterocycles. The van der Waals surface area contributed by atoms with Gasteiger partial charge in [-0.3, -0.25) is 0 Å². The van der Waals surface area contributed by atoms with Crippen molar-refractivity contribution < 1.29 is 4.74 Å². The van der Waals surface area contributed by atoms with Gasteiger partial charge in [0.05, 0.1) is 5.69 Å². The lowest BCUT2D eigenvalue weighted by molar-refractivity contribution is 0.481. The molecule has 0 unspecified atom stereocenters. The van der Waals surface area contributed by atoms with Crippen LogP contribution in [0.2, 0.25) is 5.02 Å². The number of rotatable bonds is 2. The first-order chi connectivity index (χ1) is 8.66. The number of thiol groups is 1. The van der Waals surface area contributed by atoms with E-state index in [1.807, 2.05) is 37.3 Å². The van der Waals surface area contributed by atoms with Gasteiger partial charge in [0.1, 0.15) is 11.5 Å². The number of hydrogen-bond acceptors (Lipinski definition) is 3. The summed E-state index contributed by atoms with van der Waals surface area (Å²) in [6.45, 7) is 1.94. The van der Waals surface area contributed by atoms with Crippen molar-refractivity contribution in [3.63, 3.8) is 0 Å². The van der Waals surface area contributed by atoms with Crippen LogP contribution in [0.25, 0.3) is 0 Å². The van der Waals surface area contributed by atoms with Crippen LogP contribution in [0.5, 0.6) is 11.5 Å². The summed E-state index contributed by atoms with van der Waals surface area (Å²) in [5, 5.41) is 0.700. The summed E-state index contributed by atoms with van der Waals surface area (Å²) in [6, 6.07) is 12.9. The van der Waals surface area contributed by atoms with Crippen molar-refractivity contribution in [1.82, 2.24) is 0 Å². The fourth-order valence-corrected chi connectivity index (χ4v) is 1.65. The van der Waals surface area contributed by atoms with E-state index in [4.69, 9.17) is 22.1 Å². The average molecular weight is 282 g/mol. The van der Waals surface area contributed by atoms with Crippen LogP contribution in [0.3, 0.4) is 0 Å². The Kier molecular flexibility index (Phi) is 5.89. The van der Waals surface area contributed by atoms with Crippen molar-refractivity contribution in [2.75, 3.05) is 12.0 Å². The zero-order chi connectivity index (χ0) is 13.5. The van der Waals surface area contributed by atoms with Gasteiger partial charge in [0.2, 0.25) is 0 Å². The Morgan fingerprint density at radius 1 is 1.06 bits per heavy atom. The predicted molar refractivity (Wildman–Crippen MR) is 82.0 cm³/mol. The first kappa shape index (κ1) is 14.7. The van der Waals surface area contributed by atoms with Crippen molar-refractivity contribution in [2.45, 2.75) is 6.92 Å². The summed E-state index contributed by atoms with van der Waals surface area (Å²) in [7, 11) is 0. The quantitative estimate of drug-likeness (QED) is 0.625. The summed E-state index contributed by atoms with van der Waals surface area (Å²) in [6.07, 6.45) is 1.69. The predicted octanol–water partition coefficient (Wildman–Crippen LogP) is 4.57. The zero-order valence-corrected chi connectivity index (χ0v) is 12.0. The van der Waals surface area contributed by atoms with Gasteiger partial charge >= 0.3 is 0 Å². The number of nitrogen functional groups attached to an aromatic ring is 1. The Balaban J connectivity index is 0.000000771. The van der Waals surface area contributed by atoms with Gasteiger partial charge in [0.25, 0.3) is 0 Å². The number of hydrogen-bond donors (Lipinski definition) is 2. The zero-order valence-electron chi connectivity index (χ0n) is 10.4. The van der Waals surface area contributed by atoms with E-state index in [1.54, 1.807) is 18.4 Å². The molecule has 0 saturated carbocycles. The topological polar surface area (TPSA) is 35.2 Å². The largest absolute Gasteiger partial charge is 0.455 e. The van der Waals surface area contributed by atoms with Crippen LogP contribution < -0.4 is 10.5 Å². The molecule has 0 aliphatic carbocycles. The standard InChI is InChI=1S/C13H12ClNO.CH4S/c1-9-8-10(14)6-7-12(9)16-13-5-3-2-4-11(13)15;1-2/h2-8H,15H2,1H3;2H,1H3. The molecule has 0 heterocycles. The monoisotopic (exact) mass is 281 g/mol. The fourth-order valence-electron chi connectivity index (χ4n) is 1.42. The van der Waals surface area contributed by atoms with Crippen LogP contribution >= 0.6 is 24.2 Å². The lowest BCUT2D eigenvalue weighted by atomic mass is 10.2. The average Bonchev–Trinajstić information content (AvgIpc) is 2.38. The third kappa shape index (κ3) is 3.86. The van der Waals surface area contributed by atoms with E-state index in [-0.39, 0.29) is 0 Å². The Morgan fingerprint density at radius 2 is 1.72 bits per heavy atom.